The van der Waals surface area contributed by atoms with Crippen LogP contribution in [0.5, 0.6) is 0 Å². The molecule has 6 heteroatoms. The van der Waals surface area contributed by atoms with Crippen molar-refractivity contribution in [1.82, 2.24) is 0 Å². The molecule has 29 heavy (non-hydrogen) atoms. The molecule has 0 bridgehead atoms. The lowest BCUT2D eigenvalue weighted by Gasteiger charge is -2.29. The monoisotopic (exact) mass is 407 g/mol. The first-order valence-corrected chi connectivity index (χ1v) is 10.5. The number of aryl methyl sites for hydroxylation is 2. The molecule has 3 aromatic rings. The first kappa shape index (κ1) is 19.1. The van der Waals surface area contributed by atoms with E-state index in [2.05, 4.69) is 0 Å². The topological polar surface area (TPSA) is 54.5 Å². The first-order valence-electron chi connectivity index (χ1n) is 9.02. The number of halogens is 1. The summed E-state index contributed by atoms with van der Waals surface area (Å²) in [5, 5.41) is 0. The van der Waals surface area contributed by atoms with Gasteiger partial charge in [0.1, 0.15) is 10.7 Å². The minimum Gasteiger partial charge on any atom is -0.314 e. The zero-order valence-corrected chi connectivity index (χ0v) is 16.7. The van der Waals surface area contributed by atoms with Crippen LogP contribution in [0.15, 0.2) is 82.7 Å². The van der Waals surface area contributed by atoms with Crippen molar-refractivity contribution in [2.45, 2.75) is 18.7 Å². The molecular formula is C23H18FNO3S. The molecule has 0 unspecified atom stereocenters. The number of hydrogen-bond donors (Lipinski definition) is 0. The van der Waals surface area contributed by atoms with Crippen molar-refractivity contribution in [1.29, 1.82) is 0 Å². The van der Waals surface area contributed by atoms with Gasteiger partial charge in [-0.3, -0.25) is 4.79 Å². The molecule has 0 saturated heterocycles. The fourth-order valence-corrected chi connectivity index (χ4v) is 4.98. The van der Waals surface area contributed by atoms with Gasteiger partial charge < -0.3 is 4.90 Å². The lowest BCUT2D eigenvalue weighted by atomic mass is 10.0. The van der Waals surface area contributed by atoms with Gasteiger partial charge in [-0.2, -0.15) is 0 Å². The standard InChI is InChI=1S/C23H18FNO3S/c1-15-8-10-19(16(2)12-15)23(26)22-14-25(18-6-4-3-5-7-18)20-13-17(24)9-11-21(20)29(22,27)28/h3-14H,1-2H3. The summed E-state index contributed by atoms with van der Waals surface area (Å²) in [5.74, 6) is -1.14. The largest absolute Gasteiger partial charge is 0.314 e. The van der Waals surface area contributed by atoms with Crippen LogP contribution in [0.1, 0.15) is 21.5 Å². The quantitative estimate of drug-likeness (QED) is 0.448. The Labute approximate surface area is 168 Å². The van der Waals surface area contributed by atoms with E-state index < -0.39 is 21.4 Å². The number of carbonyl (C=O) groups is 1. The third-order valence-corrected chi connectivity index (χ3v) is 6.68. The number of anilines is 2. The van der Waals surface area contributed by atoms with Crippen molar-refractivity contribution < 1.29 is 17.6 Å². The fourth-order valence-electron chi connectivity index (χ4n) is 3.46. The van der Waals surface area contributed by atoms with E-state index in [-0.39, 0.29) is 15.5 Å². The SMILES string of the molecule is Cc1ccc(C(=O)C2=CN(c3ccccc3)c3cc(F)ccc3S2(=O)=O)c(C)c1. The molecule has 3 aromatic carbocycles. The fraction of sp³-hybridized carbons (Fsp3) is 0.0870. The van der Waals surface area contributed by atoms with Gasteiger partial charge in [0.15, 0.2) is 0 Å². The Morgan fingerprint density at radius 3 is 2.34 bits per heavy atom. The molecule has 1 heterocycles. The predicted octanol–water partition coefficient (Wildman–Crippen LogP) is 5.09. The van der Waals surface area contributed by atoms with Gasteiger partial charge in [-0.05, 0) is 49.7 Å². The maximum Gasteiger partial charge on any atom is 0.214 e. The van der Waals surface area contributed by atoms with Crippen LogP contribution in [-0.4, -0.2) is 14.2 Å². The normalized spacial score (nSPS) is 14.9. The van der Waals surface area contributed by atoms with Crippen LogP contribution in [0.3, 0.4) is 0 Å². The molecule has 146 valence electrons. The van der Waals surface area contributed by atoms with Crippen molar-refractivity contribution in [2.24, 2.45) is 0 Å². The van der Waals surface area contributed by atoms with E-state index in [1.807, 2.05) is 19.1 Å². The van der Waals surface area contributed by atoms with Crippen LogP contribution in [0.25, 0.3) is 0 Å². The maximum absolute atomic E-state index is 13.9. The van der Waals surface area contributed by atoms with E-state index in [0.29, 0.717) is 16.8 Å². The highest BCUT2D eigenvalue weighted by Crippen LogP contribution is 2.40. The number of hydrogen-bond acceptors (Lipinski definition) is 4. The minimum absolute atomic E-state index is 0.0987. The number of Topliss-reactive ketones (excluding diaryl/α,β-unsaturated/α-hetero) is 1. The Kier molecular flexibility index (Phi) is 4.59. The molecule has 4 nitrogen and oxygen atoms in total. The summed E-state index contributed by atoms with van der Waals surface area (Å²) in [6.07, 6.45) is 1.29. The highest BCUT2D eigenvalue weighted by atomic mass is 32.2. The van der Waals surface area contributed by atoms with E-state index in [1.165, 1.54) is 17.2 Å². The van der Waals surface area contributed by atoms with Crippen molar-refractivity contribution >= 4 is 27.0 Å². The highest BCUT2D eigenvalue weighted by Gasteiger charge is 2.36. The number of carbonyl (C=O) groups excluding carboxylic acids is 1. The zero-order valence-electron chi connectivity index (χ0n) is 15.9. The number of ketones is 1. The Hall–Kier alpha value is -3.25. The van der Waals surface area contributed by atoms with E-state index in [1.54, 1.807) is 43.3 Å². The van der Waals surface area contributed by atoms with E-state index >= 15 is 0 Å². The number of allylic oxidation sites excluding steroid dienone is 1. The third-order valence-electron chi connectivity index (χ3n) is 4.89. The number of para-hydroxylation sites is 1. The van der Waals surface area contributed by atoms with Crippen molar-refractivity contribution in [3.8, 4) is 0 Å². The number of nitrogens with zero attached hydrogens (tertiary/aromatic N) is 1. The van der Waals surface area contributed by atoms with Crippen LogP contribution >= 0.6 is 0 Å². The number of sulfone groups is 1. The smallest absolute Gasteiger partial charge is 0.214 e. The molecule has 0 saturated carbocycles. The Balaban J connectivity index is 1.95. The molecule has 0 aliphatic carbocycles. The lowest BCUT2D eigenvalue weighted by Crippen LogP contribution is -2.26. The van der Waals surface area contributed by atoms with Crippen molar-refractivity contribution in [3.63, 3.8) is 0 Å². The molecule has 0 aromatic heterocycles. The van der Waals surface area contributed by atoms with Gasteiger partial charge in [-0.1, -0.05) is 42.0 Å². The van der Waals surface area contributed by atoms with Gasteiger partial charge in [0.05, 0.1) is 10.6 Å². The minimum atomic E-state index is -4.11. The Bertz CT molecular complexity index is 1260. The molecule has 0 amide bonds. The maximum atomic E-state index is 13.9. The first-order chi connectivity index (χ1) is 13.8. The van der Waals surface area contributed by atoms with Crippen LogP contribution in [0.4, 0.5) is 15.8 Å². The van der Waals surface area contributed by atoms with Crippen molar-refractivity contribution in [2.75, 3.05) is 4.90 Å². The molecule has 0 fully saturated rings. The molecule has 4 rings (SSSR count). The average Bonchev–Trinajstić information content (AvgIpc) is 2.68. The van der Waals surface area contributed by atoms with Gasteiger partial charge in [0.2, 0.25) is 15.6 Å². The molecule has 0 N–H and O–H groups in total. The van der Waals surface area contributed by atoms with Gasteiger partial charge in [-0.25, -0.2) is 12.8 Å². The second-order valence-corrected chi connectivity index (χ2v) is 8.85. The highest BCUT2D eigenvalue weighted by molar-refractivity contribution is 7.96. The van der Waals surface area contributed by atoms with E-state index in [0.717, 1.165) is 17.7 Å². The molecule has 1 aliphatic heterocycles. The summed E-state index contributed by atoms with van der Waals surface area (Å²) >= 11 is 0. The van der Waals surface area contributed by atoms with Gasteiger partial charge in [-0.15, -0.1) is 0 Å². The summed E-state index contributed by atoms with van der Waals surface area (Å²) in [7, 11) is -4.11. The van der Waals surface area contributed by atoms with Crippen LogP contribution < -0.4 is 4.90 Å². The number of rotatable bonds is 3. The van der Waals surface area contributed by atoms with Crippen LogP contribution in [-0.2, 0) is 9.84 Å². The summed E-state index contributed by atoms with van der Waals surface area (Å²) in [4.78, 5) is 14.4. The third kappa shape index (κ3) is 3.25. The van der Waals surface area contributed by atoms with Crippen molar-refractivity contribution in [3.05, 3.63) is 100 Å². The van der Waals surface area contributed by atoms with Crippen LogP contribution in [0, 0.1) is 19.7 Å². The second-order valence-electron chi connectivity index (χ2n) is 6.96. The average molecular weight is 407 g/mol. The lowest BCUT2D eigenvalue weighted by molar-refractivity contribution is 0.104. The molecule has 1 aliphatic rings. The van der Waals surface area contributed by atoms with E-state index in [9.17, 15) is 17.6 Å². The Morgan fingerprint density at radius 1 is 0.931 bits per heavy atom. The van der Waals surface area contributed by atoms with Gasteiger partial charge in [0.25, 0.3) is 0 Å². The predicted molar refractivity (Wildman–Crippen MR) is 110 cm³/mol. The summed E-state index contributed by atoms with van der Waals surface area (Å²) in [6.45, 7) is 3.67. The van der Waals surface area contributed by atoms with Gasteiger partial charge in [0, 0.05) is 17.5 Å². The van der Waals surface area contributed by atoms with E-state index in [4.69, 9.17) is 0 Å². The summed E-state index contributed by atoms with van der Waals surface area (Å²) in [5.41, 5.74) is 2.80. The molecule has 0 atom stereocenters. The van der Waals surface area contributed by atoms with Crippen LogP contribution in [0.2, 0.25) is 0 Å². The second kappa shape index (κ2) is 6.97. The summed E-state index contributed by atoms with van der Waals surface area (Å²) in [6, 6.07) is 17.6. The van der Waals surface area contributed by atoms with Gasteiger partial charge >= 0.3 is 0 Å². The molecule has 0 spiro atoms. The Morgan fingerprint density at radius 2 is 1.66 bits per heavy atom. The number of benzene rings is 3. The summed E-state index contributed by atoms with van der Waals surface area (Å²) < 4.78 is 40.4. The molecular weight excluding hydrogens is 389 g/mol. The molecule has 0 radical (unpaired) electrons. The number of fused-ring (bicyclic) bond motifs is 1. The zero-order chi connectivity index (χ0) is 20.8.